The second-order valence-electron chi connectivity index (χ2n) is 5.24. The van der Waals surface area contributed by atoms with Gasteiger partial charge >= 0.3 is 6.03 Å². The predicted molar refractivity (Wildman–Crippen MR) is 97.4 cm³/mol. The summed E-state index contributed by atoms with van der Waals surface area (Å²) in [5.74, 6) is -0.222. The molecule has 0 spiro atoms. The van der Waals surface area contributed by atoms with Gasteiger partial charge in [0.25, 0.3) is 0 Å². The van der Waals surface area contributed by atoms with E-state index < -0.39 is 12.1 Å². The van der Waals surface area contributed by atoms with E-state index in [2.05, 4.69) is 10.6 Å². The van der Waals surface area contributed by atoms with Gasteiger partial charge in [-0.2, -0.15) is 0 Å². The molecule has 1 heterocycles. The van der Waals surface area contributed by atoms with Gasteiger partial charge in [0.2, 0.25) is 5.91 Å². The van der Waals surface area contributed by atoms with Gasteiger partial charge in [0.1, 0.15) is 0 Å². The number of urea groups is 1. The van der Waals surface area contributed by atoms with Crippen molar-refractivity contribution >= 4 is 46.5 Å². The van der Waals surface area contributed by atoms with Crippen molar-refractivity contribution in [3.05, 3.63) is 56.2 Å². The molecule has 0 saturated carbocycles. The van der Waals surface area contributed by atoms with Crippen LogP contribution in [0.25, 0.3) is 0 Å². The summed E-state index contributed by atoms with van der Waals surface area (Å²) in [4.78, 5) is 24.3. The Morgan fingerprint density at radius 3 is 2.58 bits per heavy atom. The number of hydrogen-bond acceptors (Lipinski definition) is 3. The van der Waals surface area contributed by atoms with E-state index in [9.17, 15) is 9.59 Å². The third-order valence-corrected chi connectivity index (χ3v) is 4.95. The lowest BCUT2D eigenvalue weighted by Gasteiger charge is -2.19. The summed E-state index contributed by atoms with van der Waals surface area (Å²) in [6.07, 6.45) is 0.0823. The largest absolute Gasteiger partial charge is 0.352 e. The van der Waals surface area contributed by atoms with E-state index in [1.807, 2.05) is 24.4 Å². The van der Waals surface area contributed by atoms with Crippen LogP contribution in [0.3, 0.4) is 0 Å². The van der Waals surface area contributed by atoms with Gasteiger partial charge in [-0.15, -0.1) is 11.3 Å². The molecule has 0 radical (unpaired) electrons. The first-order chi connectivity index (χ1) is 11.4. The van der Waals surface area contributed by atoms with Crippen molar-refractivity contribution in [2.45, 2.75) is 25.4 Å². The monoisotopic (exact) mass is 385 g/mol. The molecule has 24 heavy (non-hydrogen) atoms. The smallest absolute Gasteiger partial charge is 0.312 e. The fraction of sp³-hybridized carbons (Fsp3) is 0.250. The molecule has 2 aromatic rings. The van der Waals surface area contributed by atoms with Gasteiger partial charge < -0.3 is 16.4 Å². The molecule has 1 aromatic heterocycles. The Bertz CT molecular complexity index is 722. The summed E-state index contributed by atoms with van der Waals surface area (Å²) in [6.45, 7) is 1.83. The maximum Gasteiger partial charge on any atom is 0.312 e. The van der Waals surface area contributed by atoms with Crippen LogP contribution in [0.1, 0.15) is 35.9 Å². The van der Waals surface area contributed by atoms with Crippen molar-refractivity contribution in [1.82, 2.24) is 10.6 Å². The van der Waals surface area contributed by atoms with Gasteiger partial charge in [-0.3, -0.25) is 4.79 Å². The van der Waals surface area contributed by atoms with Gasteiger partial charge in [-0.25, -0.2) is 4.79 Å². The lowest BCUT2D eigenvalue weighted by Crippen LogP contribution is -2.36. The molecule has 3 amide bonds. The quantitative estimate of drug-likeness (QED) is 0.700. The van der Waals surface area contributed by atoms with Gasteiger partial charge in [0.15, 0.2) is 0 Å². The molecule has 0 aliphatic carbocycles. The third-order valence-electron chi connectivity index (χ3n) is 3.40. The van der Waals surface area contributed by atoms with Crippen molar-refractivity contribution in [2.24, 2.45) is 5.73 Å². The average Bonchev–Trinajstić information content (AvgIpc) is 2.99. The summed E-state index contributed by atoms with van der Waals surface area (Å²) in [6, 6.07) is 7.39. The first kappa shape index (κ1) is 18.6. The molecule has 2 atom stereocenters. The van der Waals surface area contributed by atoms with Crippen LogP contribution in [0.4, 0.5) is 4.79 Å². The molecule has 0 saturated heterocycles. The minimum atomic E-state index is -0.671. The second-order valence-corrected chi connectivity index (χ2v) is 7.06. The molecule has 4 N–H and O–H groups in total. The van der Waals surface area contributed by atoms with Crippen LogP contribution >= 0.6 is 34.5 Å². The van der Waals surface area contributed by atoms with Crippen molar-refractivity contribution in [1.29, 1.82) is 0 Å². The Kier molecular flexibility index (Phi) is 6.48. The van der Waals surface area contributed by atoms with Crippen molar-refractivity contribution < 1.29 is 9.59 Å². The number of rotatable bonds is 6. The number of thiophene rings is 1. The second kappa shape index (κ2) is 8.37. The highest BCUT2D eigenvalue weighted by Crippen LogP contribution is 2.27. The number of hydrogen-bond donors (Lipinski definition) is 3. The van der Waals surface area contributed by atoms with Crippen LogP contribution in [-0.2, 0) is 4.79 Å². The maximum absolute atomic E-state index is 12.3. The lowest BCUT2D eigenvalue weighted by atomic mass is 10.1. The molecule has 8 heteroatoms. The van der Waals surface area contributed by atoms with Crippen LogP contribution in [-0.4, -0.2) is 11.9 Å². The number of benzene rings is 1. The molecule has 0 aliphatic rings. The molecule has 2 unspecified atom stereocenters. The standard InChI is InChI=1S/C16H17Cl2N3O2S/c1-9(11-5-4-10(17)7-12(11)18)20-15(22)8-13(21-16(19)23)14-3-2-6-24-14/h2-7,9,13H,8H2,1H3,(H,20,22)(H3,19,21,23). The average molecular weight is 386 g/mol. The number of nitrogens with two attached hydrogens (primary N) is 1. The molecule has 0 fully saturated rings. The zero-order chi connectivity index (χ0) is 17.7. The van der Waals surface area contributed by atoms with Gasteiger partial charge in [-0.05, 0) is 36.1 Å². The fourth-order valence-electron chi connectivity index (χ4n) is 2.30. The number of carbonyl (C=O) groups is 2. The first-order valence-corrected chi connectivity index (χ1v) is 8.84. The van der Waals surface area contributed by atoms with E-state index in [1.165, 1.54) is 11.3 Å². The predicted octanol–water partition coefficient (Wildman–Crippen LogP) is 4.03. The van der Waals surface area contributed by atoms with Crippen molar-refractivity contribution in [2.75, 3.05) is 0 Å². The number of halogens is 2. The molecule has 0 bridgehead atoms. The molecule has 2 rings (SSSR count). The van der Waals surface area contributed by atoms with E-state index in [1.54, 1.807) is 18.2 Å². The topological polar surface area (TPSA) is 84.2 Å². The summed E-state index contributed by atoms with van der Waals surface area (Å²) < 4.78 is 0. The van der Waals surface area contributed by atoms with Crippen molar-refractivity contribution in [3.8, 4) is 0 Å². The summed E-state index contributed by atoms with van der Waals surface area (Å²) in [7, 11) is 0. The molecule has 1 aromatic carbocycles. The molecule has 128 valence electrons. The summed E-state index contributed by atoms with van der Waals surface area (Å²) >= 11 is 13.5. The SMILES string of the molecule is CC(NC(=O)CC(NC(N)=O)c1cccs1)c1ccc(Cl)cc1Cl. The number of carbonyl (C=O) groups excluding carboxylic acids is 2. The number of amides is 3. The Morgan fingerprint density at radius 1 is 1.25 bits per heavy atom. The highest BCUT2D eigenvalue weighted by molar-refractivity contribution is 7.10. The van der Waals surface area contributed by atoms with E-state index in [0.717, 1.165) is 10.4 Å². The highest BCUT2D eigenvalue weighted by atomic mass is 35.5. The summed E-state index contributed by atoms with van der Waals surface area (Å²) in [5, 5.41) is 8.35. The van der Waals surface area contributed by atoms with E-state index in [-0.39, 0.29) is 18.4 Å². The summed E-state index contributed by atoms with van der Waals surface area (Å²) in [5.41, 5.74) is 5.96. The Hall–Kier alpha value is -1.76. The van der Waals surface area contributed by atoms with Crippen LogP contribution in [0.15, 0.2) is 35.7 Å². The van der Waals surface area contributed by atoms with Crippen molar-refractivity contribution in [3.63, 3.8) is 0 Å². The van der Waals surface area contributed by atoms with E-state index >= 15 is 0 Å². The fourth-order valence-corrected chi connectivity index (χ4v) is 3.65. The third kappa shape index (κ3) is 5.12. The normalized spacial score (nSPS) is 13.1. The van der Waals surface area contributed by atoms with E-state index in [0.29, 0.717) is 10.0 Å². The number of nitrogens with one attached hydrogen (secondary N) is 2. The highest BCUT2D eigenvalue weighted by Gasteiger charge is 2.20. The van der Waals surface area contributed by atoms with Crippen LogP contribution in [0.2, 0.25) is 10.0 Å². The molecular formula is C16H17Cl2N3O2S. The molecule has 0 aliphatic heterocycles. The molecule has 5 nitrogen and oxygen atoms in total. The Balaban J connectivity index is 2.03. The molecular weight excluding hydrogens is 369 g/mol. The minimum Gasteiger partial charge on any atom is -0.352 e. The Morgan fingerprint density at radius 2 is 2.00 bits per heavy atom. The number of primary amides is 1. The minimum absolute atomic E-state index is 0.0823. The van der Waals surface area contributed by atoms with Crippen LogP contribution < -0.4 is 16.4 Å². The van der Waals surface area contributed by atoms with Crippen LogP contribution in [0.5, 0.6) is 0 Å². The van der Waals surface area contributed by atoms with Gasteiger partial charge in [0.05, 0.1) is 18.5 Å². The van der Waals surface area contributed by atoms with Gasteiger partial charge in [0, 0.05) is 14.9 Å². The van der Waals surface area contributed by atoms with E-state index in [4.69, 9.17) is 28.9 Å². The zero-order valence-electron chi connectivity index (χ0n) is 12.9. The zero-order valence-corrected chi connectivity index (χ0v) is 15.2. The maximum atomic E-state index is 12.3. The Labute approximate surface area is 154 Å². The van der Waals surface area contributed by atoms with Gasteiger partial charge in [-0.1, -0.05) is 35.3 Å². The van der Waals surface area contributed by atoms with Crippen LogP contribution in [0, 0.1) is 0 Å². The first-order valence-electron chi connectivity index (χ1n) is 7.20. The lowest BCUT2D eigenvalue weighted by molar-refractivity contribution is -0.122.